The number of rotatable bonds is 7. The van der Waals surface area contributed by atoms with Crippen molar-refractivity contribution in [3.63, 3.8) is 0 Å². The smallest absolute Gasteiger partial charge is 0.226 e. The van der Waals surface area contributed by atoms with Gasteiger partial charge < -0.3 is 20.8 Å². The van der Waals surface area contributed by atoms with Crippen LogP contribution in [0, 0.1) is 0 Å². The number of aromatic nitrogens is 1. The first-order chi connectivity index (χ1) is 13.2. The van der Waals surface area contributed by atoms with Gasteiger partial charge in [-0.3, -0.25) is 0 Å². The molecule has 2 aromatic rings. The van der Waals surface area contributed by atoms with Crippen molar-refractivity contribution in [2.75, 3.05) is 17.7 Å². The third-order valence-corrected chi connectivity index (χ3v) is 5.06. The van der Waals surface area contributed by atoms with Gasteiger partial charge in [-0.1, -0.05) is 36.9 Å². The van der Waals surface area contributed by atoms with Gasteiger partial charge in [-0.05, 0) is 37.1 Å². The Morgan fingerprint density at radius 1 is 1.30 bits per heavy atom. The van der Waals surface area contributed by atoms with E-state index in [-0.39, 0.29) is 0 Å². The van der Waals surface area contributed by atoms with E-state index in [9.17, 15) is 0 Å². The molecule has 1 aliphatic carbocycles. The summed E-state index contributed by atoms with van der Waals surface area (Å²) in [5, 5.41) is 7.45. The van der Waals surface area contributed by atoms with E-state index in [1.165, 1.54) is 38.3 Å². The lowest BCUT2D eigenvalue weighted by Crippen LogP contribution is -2.22. The molecule has 1 saturated carbocycles. The van der Waals surface area contributed by atoms with Crippen LogP contribution in [0.25, 0.3) is 11.5 Å². The monoisotopic (exact) mass is 386 g/mol. The van der Waals surface area contributed by atoms with E-state index in [0.717, 1.165) is 22.7 Å². The first-order valence-corrected chi connectivity index (χ1v) is 9.84. The van der Waals surface area contributed by atoms with Crippen LogP contribution in [0.5, 0.6) is 0 Å². The van der Waals surface area contributed by atoms with Gasteiger partial charge in [0.05, 0.1) is 22.6 Å². The molecular weight excluding hydrogens is 360 g/mol. The summed E-state index contributed by atoms with van der Waals surface area (Å²) in [5.74, 6) is 1.39. The largest absolute Gasteiger partial charge is 0.441 e. The van der Waals surface area contributed by atoms with Crippen molar-refractivity contribution in [2.45, 2.75) is 44.6 Å². The van der Waals surface area contributed by atoms with E-state index in [4.69, 9.17) is 21.8 Å². The zero-order chi connectivity index (χ0) is 19.1. The highest BCUT2D eigenvalue weighted by atomic mass is 35.5. The fourth-order valence-electron chi connectivity index (χ4n) is 3.36. The number of halogens is 1. The molecule has 144 valence electrons. The van der Waals surface area contributed by atoms with E-state index >= 15 is 0 Å². The predicted octanol–water partition coefficient (Wildman–Crippen LogP) is 5.27. The zero-order valence-electron chi connectivity index (χ0n) is 15.7. The lowest BCUT2D eigenvalue weighted by atomic mass is 9.95. The molecule has 27 heavy (non-hydrogen) atoms. The van der Waals surface area contributed by atoms with E-state index < -0.39 is 0 Å². The number of nitrogens with zero attached hydrogens (tertiary/aromatic N) is 1. The van der Waals surface area contributed by atoms with Crippen LogP contribution in [0.1, 0.15) is 37.9 Å². The molecular formula is C21H27ClN4O. The van der Waals surface area contributed by atoms with Crippen molar-refractivity contribution in [1.29, 1.82) is 0 Å². The molecule has 1 aromatic carbocycles. The highest BCUT2D eigenvalue weighted by Crippen LogP contribution is 2.31. The van der Waals surface area contributed by atoms with Crippen LogP contribution in [0.2, 0.25) is 0 Å². The molecule has 6 heteroatoms. The SMILES string of the molecule is CNc1cc(-c2ncc(C/C=C\C(Cl)=C/N)o2)ccc1NC1CCCCC1. The highest BCUT2D eigenvalue weighted by Gasteiger charge is 2.15. The van der Waals surface area contributed by atoms with Gasteiger partial charge in [0.2, 0.25) is 5.89 Å². The van der Waals surface area contributed by atoms with Crippen LogP contribution < -0.4 is 16.4 Å². The third-order valence-electron chi connectivity index (χ3n) is 4.81. The lowest BCUT2D eigenvalue weighted by molar-refractivity contribution is 0.463. The summed E-state index contributed by atoms with van der Waals surface area (Å²) < 4.78 is 5.87. The van der Waals surface area contributed by atoms with Crippen molar-refractivity contribution >= 4 is 23.0 Å². The summed E-state index contributed by atoms with van der Waals surface area (Å²) in [5.41, 5.74) is 8.47. The Morgan fingerprint density at radius 3 is 2.85 bits per heavy atom. The van der Waals surface area contributed by atoms with Gasteiger partial charge in [-0.2, -0.15) is 0 Å². The molecule has 3 rings (SSSR count). The van der Waals surface area contributed by atoms with Crippen molar-refractivity contribution in [3.05, 3.63) is 53.5 Å². The number of benzene rings is 1. The average Bonchev–Trinajstić information content (AvgIpc) is 3.18. The van der Waals surface area contributed by atoms with E-state index in [1.54, 1.807) is 12.3 Å². The van der Waals surface area contributed by atoms with Crippen LogP contribution in [-0.4, -0.2) is 18.1 Å². The fourth-order valence-corrected chi connectivity index (χ4v) is 3.44. The molecule has 4 N–H and O–H groups in total. The quantitative estimate of drug-likeness (QED) is 0.565. The van der Waals surface area contributed by atoms with Crippen LogP contribution in [0.4, 0.5) is 11.4 Å². The topological polar surface area (TPSA) is 76.1 Å². The molecule has 0 amide bonds. The van der Waals surface area contributed by atoms with Gasteiger partial charge in [0, 0.05) is 31.3 Å². The van der Waals surface area contributed by atoms with Gasteiger partial charge in [-0.15, -0.1) is 0 Å². The maximum absolute atomic E-state index is 5.87. The van der Waals surface area contributed by atoms with Crippen LogP contribution in [-0.2, 0) is 6.42 Å². The minimum absolute atomic E-state index is 0.495. The molecule has 1 aromatic heterocycles. The molecule has 1 fully saturated rings. The highest BCUT2D eigenvalue weighted by molar-refractivity contribution is 6.31. The number of oxazole rings is 1. The van der Waals surface area contributed by atoms with E-state index in [0.29, 0.717) is 23.4 Å². The summed E-state index contributed by atoms with van der Waals surface area (Å²) in [7, 11) is 1.94. The normalized spacial score (nSPS) is 16.0. The maximum atomic E-state index is 5.87. The number of anilines is 2. The Hall–Kier alpha value is -2.40. The van der Waals surface area contributed by atoms with Crippen molar-refractivity contribution in [1.82, 2.24) is 4.98 Å². The summed E-state index contributed by atoms with van der Waals surface area (Å²) in [4.78, 5) is 4.40. The number of hydrogen-bond donors (Lipinski definition) is 3. The maximum Gasteiger partial charge on any atom is 0.226 e. The number of nitrogens with two attached hydrogens (primary N) is 1. The summed E-state index contributed by atoms with van der Waals surface area (Å²) in [6, 6.07) is 6.79. The second-order valence-electron chi connectivity index (χ2n) is 6.78. The number of allylic oxidation sites excluding steroid dienone is 3. The molecule has 0 saturated heterocycles. The second kappa shape index (κ2) is 9.51. The average molecular weight is 387 g/mol. The van der Waals surface area contributed by atoms with Crippen molar-refractivity contribution in [2.24, 2.45) is 5.73 Å². The van der Waals surface area contributed by atoms with Gasteiger partial charge in [-0.25, -0.2) is 4.98 Å². The number of hydrogen-bond acceptors (Lipinski definition) is 5. The van der Waals surface area contributed by atoms with Gasteiger partial charge in [0.15, 0.2) is 0 Å². The van der Waals surface area contributed by atoms with Crippen molar-refractivity contribution < 1.29 is 4.42 Å². The molecule has 0 radical (unpaired) electrons. The minimum atomic E-state index is 0.495. The third kappa shape index (κ3) is 5.30. The Labute approximate surface area is 165 Å². The van der Waals surface area contributed by atoms with E-state index in [1.807, 2.05) is 19.2 Å². The molecule has 0 atom stereocenters. The summed E-state index contributed by atoms with van der Waals surface area (Å²) in [6.07, 6.45) is 13.8. The van der Waals surface area contributed by atoms with Gasteiger partial charge in [0.1, 0.15) is 5.76 Å². The summed E-state index contributed by atoms with van der Waals surface area (Å²) in [6.45, 7) is 0. The minimum Gasteiger partial charge on any atom is -0.441 e. The Kier molecular flexibility index (Phi) is 6.82. The first-order valence-electron chi connectivity index (χ1n) is 9.47. The van der Waals surface area contributed by atoms with Crippen LogP contribution >= 0.6 is 11.6 Å². The lowest BCUT2D eigenvalue weighted by Gasteiger charge is -2.25. The zero-order valence-corrected chi connectivity index (χ0v) is 16.4. The molecule has 0 unspecified atom stereocenters. The second-order valence-corrected chi connectivity index (χ2v) is 7.22. The predicted molar refractivity (Wildman–Crippen MR) is 113 cm³/mol. The molecule has 0 aliphatic heterocycles. The fraction of sp³-hybridized carbons (Fsp3) is 0.381. The molecule has 1 heterocycles. The first kappa shape index (κ1) is 19.4. The molecule has 1 aliphatic rings. The summed E-state index contributed by atoms with van der Waals surface area (Å²) >= 11 is 5.84. The van der Waals surface area contributed by atoms with E-state index in [2.05, 4.69) is 27.8 Å². The Bertz CT molecular complexity index is 806. The molecule has 0 spiro atoms. The molecule has 5 nitrogen and oxygen atoms in total. The number of nitrogens with one attached hydrogen (secondary N) is 2. The van der Waals surface area contributed by atoms with Gasteiger partial charge in [0.25, 0.3) is 0 Å². The Balaban J connectivity index is 1.70. The van der Waals surface area contributed by atoms with Crippen LogP contribution in [0.3, 0.4) is 0 Å². The van der Waals surface area contributed by atoms with Crippen molar-refractivity contribution in [3.8, 4) is 11.5 Å². The standard InChI is InChI=1S/C21H27ClN4O/c1-24-20-12-15(10-11-19(20)26-17-7-3-2-4-8-17)21-25-14-18(27-21)9-5-6-16(22)13-23/h5-6,10-14,17,24,26H,2-4,7-9,23H2,1H3/b6-5-,16-13+. The van der Waals surface area contributed by atoms with Crippen LogP contribution in [0.15, 0.2) is 52.2 Å². The van der Waals surface area contributed by atoms with Gasteiger partial charge >= 0.3 is 0 Å². The molecule has 0 bridgehead atoms. The Morgan fingerprint density at radius 2 is 2.11 bits per heavy atom.